The second-order valence-electron chi connectivity index (χ2n) is 8.80. The summed E-state index contributed by atoms with van der Waals surface area (Å²) in [6.07, 6.45) is 1.06. The van der Waals surface area contributed by atoms with Gasteiger partial charge in [-0.05, 0) is 72.5 Å². The Labute approximate surface area is 218 Å². The average molecular weight is 515 g/mol. The predicted octanol–water partition coefficient (Wildman–Crippen LogP) is 5.64. The Balaban J connectivity index is 1.31. The van der Waals surface area contributed by atoms with E-state index in [1.54, 1.807) is 36.4 Å². The van der Waals surface area contributed by atoms with Crippen LogP contribution in [-0.4, -0.2) is 37.1 Å². The molecule has 38 heavy (non-hydrogen) atoms. The number of hydrogen-bond donors (Lipinski definition) is 5. The highest BCUT2D eigenvalue weighted by Gasteiger charge is 2.14. The molecule has 4 rings (SSSR count). The molecule has 0 aliphatic carbocycles. The van der Waals surface area contributed by atoms with Gasteiger partial charge in [-0.25, -0.2) is 0 Å². The molecule has 0 radical (unpaired) electrons. The standard InChI is InChI=1S/C30H26O8/c31-20-6-10-23(27(35)16-20)25(33)12-3-18-1-8-22(9-2-18)38-30-14-5-19(15-29(30)37)4-13-26(34)24-11-7-21(32)17-28(24)36/h1-2,5-11,14-17,31-32,35-37H,3-4,12-13H2. The average Bonchev–Trinajstić information content (AvgIpc) is 2.88. The number of aryl methyl sites for hydroxylation is 2. The zero-order valence-corrected chi connectivity index (χ0v) is 20.3. The van der Waals surface area contributed by atoms with Crippen LogP contribution in [0.4, 0.5) is 0 Å². The molecule has 0 aliphatic heterocycles. The van der Waals surface area contributed by atoms with Crippen molar-refractivity contribution in [3.8, 4) is 40.2 Å². The monoisotopic (exact) mass is 514 g/mol. The number of carbonyl (C=O) groups excluding carboxylic acids is 2. The molecular formula is C30H26O8. The van der Waals surface area contributed by atoms with Crippen molar-refractivity contribution in [1.82, 2.24) is 0 Å². The molecule has 0 unspecified atom stereocenters. The van der Waals surface area contributed by atoms with Crippen molar-refractivity contribution >= 4 is 11.6 Å². The summed E-state index contributed by atoms with van der Waals surface area (Å²) in [4.78, 5) is 24.8. The molecule has 0 saturated carbocycles. The van der Waals surface area contributed by atoms with Gasteiger partial charge >= 0.3 is 0 Å². The predicted molar refractivity (Wildman–Crippen MR) is 139 cm³/mol. The van der Waals surface area contributed by atoms with Crippen molar-refractivity contribution in [2.24, 2.45) is 0 Å². The summed E-state index contributed by atoms with van der Waals surface area (Å²) < 4.78 is 5.77. The zero-order valence-electron chi connectivity index (χ0n) is 20.3. The lowest BCUT2D eigenvalue weighted by molar-refractivity contribution is 0.0971. The van der Waals surface area contributed by atoms with Crippen LogP contribution in [0.25, 0.3) is 0 Å². The molecule has 0 aliphatic rings. The van der Waals surface area contributed by atoms with Crippen molar-refractivity contribution in [1.29, 1.82) is 0 Å². The Bertz CT molecular complexity index is 1470. The first-order valence-electron chi connectivity index (χ1n) is 11.9. The maximum atomic E-state index is 12.4. The Hall–Kier alpha value is -4.98. The number of benzene rings is 4. The fraction of sp³-hybridized carbons (Fsp3) is 0.133. The van der Waals surface area contributed by atoms with Crippen molar-refractivity contribution in [2.75, 3.05) is 0 Å². The molecule has 0 fully saturated rings. The van der Waals surface area contributed by atoms with Crippen molar-refractivity contribution < 1.29 is 39.9 Å². The van der Waals surface area contributed by atoms with Gasteiger partial charge in [0.25, 0.3) is 0 Å². The smallest absolute Gasteiger partial charge is 0.169 e. The number of hydrogen-bond acceptors (Lipinski definition) is 8. The van der Waals surface area contributed by atoms with Gasteiger partial charge in [0.05, 0.1) is 11.1 Å². The lowest BCUT2D eigenvalue weighted by atomic mass is 10.0. The number of carbonyl (C=O) groups is 2. The van der Waals surface area contributed by atoms with Gasteiger partial charge in [-0.3, -0.25) is 9.59 Å². The lowest BCUT2D eigenvalue weighted by Gasteiger charge is -2.10. The lowest BCUT2D eigenvalue weighted by Crippen LogP contribution is -2.02. The van der Waals surface area contributed by atoms with Crippen LogP contribution in [0.5, 0.6) is 40.2 Å². The molecule has 5 N–H and O–H groups in total. The van der Waals surface area contributed by atoms with Gasteiger partial charge in [0, 0.05) is 25.0 Å². The number of Topliss-reactive ketones (excluding diaryl/α,β-unsaturated/α-hetero) is 2. The van der Waals surface area contributed by atoms with E-state index in [-0.39, 0.29) is 70.0 Å². The van der Waals surface area contributed by atoms with E-state index in [0.717, 1.165) is 17.7 Å². The molecule has 8 heteroatoms. The molecule has 4 aromatic carbocycles. The van der Waals surface area contributed by atoms with Gasteiger partial charge in [0.15, 0.2) is 23.1 Å². The van der Waals surface area contributed by atoms with E-state index in [1.807, 2.05) is 0 Å². The maximum absolute atomic E-state index is 12.4. The molecule has 4 aromatic rings. The van der Waals surface area contributed by atoms with Gasteiger partial charge in [-0.15, -0.1) is 0 Å². The van der Waals surface area contributed by atoms with Crippen LogP contribution in [0.1, 0.15) is 44.7 Å². The van der Waals surface area contributed by atoms with Crippen LogP contribution in [0.2, 0.25) is 0 Å². The van der Waals surface area contributed by atoms with Crippen LogP contribution >= 0.6 is 0 Å². The normalized spacial score (nSPS) is 10.7. The van der Waals surface area contributed by atoms with E-state index >= 15 is 0 Å². The molecule has 0 atom stereocenters. The van der Waals surface area contributed by atoms with E-state index in [4.69, 9.17) is 4.74 Å². The van der Waals surface area contributed by atoms with Gasteiger partial charge < -0.3 is 30.3 Å². The SMILES string of the molecule is O=C(CCc1ccc(Oc2ccc(CCC(=O)c3ccc(O)cc3O)cc2O)cc1)c1ccc(O)cc1O. The first-order chi connectivity index (χ1) is 18.2. The third kappa shape index (κ3) is 6.41. The van der Waals surface area contributed by atoms with E-state index in [2.05, 4.69) is 0 Å². The van der Waals surface area contributed by atoms with Gasteiger partial charge in [0.1, 0.15) is 28.7 Å². The van der Waals surface area contributed by atoms with E-state index in [1.165, 1.54) is 30.3 Å². The minimum atomic E-state index is -0.288. The number of ketones is 2. The molecule has 0 heterocycles. The number of rotatable bonds is 10. The van der Waals surface area contributed by atoms with E-state index < -0.39 is 0 Å². The first kappa shape index (κ1) is 26.1. The van der Waals surface area contributed by atoms with Crippen molar-refractivity contribution in [3.63, 3.8) is 0 Å². The Morgan fingerprint density at radius 2 is 1.05 bits per heavy atom. The topological polar surface area (TPSA) is 145 Å². The van der Waals surface area contributed by atoms with Crippen LogP contribution in [0.15, 0.2) is 78.9 Å². The zero-order chi connectivity index (χ0) is 27.2. The quantitative estimate of drug-likeness (QED) is 0.171. The molecule has 0 saturated heterocycles. The largest absolute Gasteiger partial charge is 0.508 e. The maximum Gasteiger partial charge on any atom is 0.169 e. The van der Waals surface area contributed by atoms with Gasteiger partial charge in [-0.1, -0.05) is 18.2 Å². The minimum Gasteiger partial charge on any atom is -0.508 e. The summed E-state index contributed by atoms with van der Waals surface area (Å²) in [6, 6.07) is 19.6. The number of ether oxygens (including phenoxy) is 1. The van der Waals surface area contributed by atoms with Crippen LogP contribution in [0.3, 0.4) is 0 Å². The molecule has 0 aromatic heterocycles. The summed E-state index contributed by atoms with van der Waals surface area (Å²) >= 11 is 0. The highest BCUT2D eigenvalue weighted by atomic mass is 16.5. The summed E-state index contributed by atoms with van der Waals surface area (Å²) in [5, 5.41) is 48.8. The fourth-order valence-electron chi connectivity index (χ4n) is 3.95. The van der Waals surface area contributed by atoms with Crippen molar-refractivity contribution in [3.05, 3.63) is 101 Å². The molecule has 8 nitrogen and oxygen atoms in total. The minimum absolute atomic E-state index is 0.0918. The molecule has 0 bridgehead atoms. The van der Waals surface area contributed by atoms with Gasteiger partial charge in [-0.2, -0.15) is 0 Å². The van der Waals surface area contributed by atoms with Crippen molar-refractivity contribution in [2.45, 2.75) is 25.7 Å². The fourth-order valence-corrected chi connectivity index (χ4v) is 3.95. The summed E-state index contributed by atoms with van der Waals surface area (Å²) in [5.74, 6) is -0.680. The number of phenols is 5. The van der Waals surface area contributed by atoms with Crippen LogP contribution < -0.4 is 4.74 Å². The van der Waals surface area contributed by atoms with E-state index in [0.29, 0.717) is 24.2 Å². The highest BCUT2D eigenvalue weighted by molar-refractivity contribution is 5.99. The van der Waals surface area contributed by atoms with Gasteiger partial charge in [0.2, 0.25) is 0 Å². The number of phenolic OH excluding ortho intramolecular Hbond substituents is 5. The third-order valence-electron chi connectivity index (χ3n) is 6.02. The second kappa shape index (κ2) is 11.4. The molecular weight excluding hydrogens is 488 g/mol. The molecule has 0 amide bonds. The number of aromatic hydroxyl groups is 5. The summed E-state index contributed by atoms with van der Waals surface area (Å²) in [7, 11) is 0. The Morgan fingerprint density at radius 3 is 1.55 bits per heavy atom. The third-order valence-corrected chi connectivity index (χ3v) is 6.02. The summed E-state index contributed by atoms with van der Waals surface area (Å²) in [6.45, 7) is 0. The van der Waals surface area contributed by atoms with Crippen LogP contribution in [0, 0.1) is 0 Å². The molecule has 194 valence electrons. The summed E-state index contributed by atoms with van der Waals surface area (Å²) in [5.41, 5.74) is 1.87. The Kier molecular flexibility index (Phi) is 7.82. The van der Waals surface area contributed by atoms with E-state index in [9.17, 15) is 35.1 Å². The van der Waals surface area contributed by atoms with Crippen LogP contribution in [-0.2, 0) is 12.8 Å². The second-order valence-corrected chi connectivity index (χ2v) is 8.80. The first-order valence-corrected chi connectivity index (χ1v) is 11.9. The highest BCUT2D eigenvalue weighted by Crippen LogP contribution is 2.32. The Morgan fingerprint density at radius 1 is 0.553 bits per heavy atom. The molecule has 0 spiro atoms.